The molecule has 0 N–H and O–H groups in total. The molecule has 0 atom stereocenters. The first-order valence-electron chi connectivity index (χ1n) is 8.45. The molecule has 2 rings (SSSR count). The summed E-state index contributed by atoms with van der Waals surface area (Å²) >= 11 is 6.08. The van der Waals surface area contributed by atoms with Gasteiger partial charge in [0.05, 0.1) is 11.7 Å². The van der Waals surface area contributed by atoms with Crippen LogP contribution in [-0.4, -0.2) is 47.2 Å². The second-order valence-electron chi connectivity index (χ2n) is 6.52. The molecule has 7 heteroatoms. The maximum absolute atomic E-state index is 12.2. The lowest BCUT2D eigenvalue weighted by Crippen LogP contribution is -2.41. The first kappa shape index (κ1) is 19.7. The summed E-state index contributed by atoms with van der Waals surface area (Å²) in [6.07, 6.45) is 6.46. The van der Waals surface area contributed by atoms with Crippen molar-refractivity contribution in [2.24, 2.45) is 0 Å². The summed E-state index contributed by atoms with van der Waals surface area (Å²) in [5.74, 6) is -0.976. The second kappa shape index (κ2) is 9.15. The van der Waals surface area contributed by atoms with Gasteiger partial charge in [-0.2, -0.15) is 0 Å². The number of hydrogen-bond donors (Lipinski definition) is 0. The Balaban J connectivity index is 1.69. The first-order chi connectivity index (χ1) is 11.9. The molecule has 0 unspecified atom stereocenters. The molecule has 1 fully saturated rings. The molecule has 25 heavy (non-hydrogen) atoms. The Hall–Kier alpha value is -1.66. The van der Waals surface area contributed by atoms with Crippen LogP contribution in [-0.2, 0) is 19.0 Å². The Labute approximate surface area is 152 Å². The van der Waals surface area contributed by atoms with Crippen molar-refractivity contribution in [1.82, 2.24) is 4.98 Å². The Morgan fingerprint density at radius 2 is 1.88 bits per heavy atom. The highest BCUT2D eigenvalue weighted by atomic mass is 35.5. The maximum atomic E-state index is 12.2. The molecule has 0 saturated heterocycles. The van der Waals surface area contributed by atoms with Crippen LogP contribution in [0, 0.1) is 0 Å². The van der Waals surface area contributed by atoms with Crippen LogP contribution in [0.25, 0.3) is 0 Å². The van der Waals surface area contributed by atoms with Gasteiger partial charge in [-0.05, 0) is 51.7 Å². The average Bonchev–Trinajstić information content (AvgIpc) is 2.61. The van der Waals surface area contributed by atoms with Gasteiger partial charge in [-0.25, -0.2) is 9.59 Å². The summed E-state index contributed by atoms with van der Waals surface area (Å²) in [4.78, 5) is 27.8. The zero-order valence-electron chi connectivity index (χ0n) is 14.6. The Bertz CT molecular complexity index is 570. The number of hydrogen-bond acceptors (Lipinski definition) is 6. The van der Waals surface area contributed by atoms with E-state index in [0.717, 1.165) is 25.7 Å². The Morgan fingerprint density at radius 1 is 1.20 bits per heavy atom. The van der Waals surface area contributed by atoms with E-state index < -0.39 is 17.5 Å². The Morgan fingerprint density at radius 3 is 2.52 bits per heavy atom. The highest BCUT2D eigenvalue weighted by molar-refractivity contribution is 6.20. The van der Waals surface area contributed by atoms with Crippen LogP contribution in [0.3, 0.4) is 0 Å². The number of alkyl halides is 1. The van der Waals surface area contributed by atoms with Gasteiger partial charge in [0, 0.05) is 17.8 Å². The van der Waals surface area contributed by atoms with Gasteiger partial charge in [0.1, 0.15) is 13.2 Å². The molecule has 1 aromatic rings. The fraction of sp³-hybridized carbons (Fsp3) is 0.611. The molecule has 6 nitrogen and oxygen atoms in total. The van der Waals surface area contributed by atoms with Crippen LogP contribution < -0.4 is 0 Å². The molecule has 0 aromatic carbocycles. The van der Waals surface area contributed by atoms with E-state index in [1.807, 2.05) is 0 Å². The normalized spacial score (nSPS) is 20.8. The van der Waals surface area contributed by atoms with Crippen molar-refractivity contribution in [2.75, 3.05) is 13.2 Å². The quantitative estimate of drug-likeness (QED) is 0.417. The predicted octanol–water partition coefficient (Wildman–Crippen LogP) is 3.13. The minimum absolute atomic E-state index is 0.0148. The van der Waals surface area contributed by atoms with Gasteiger partial charge in [-0.1, -0.05) is 0 Å². The van der Waals surface area contributed by atoms with Crippen LogP contribution in [0.4, 0.5) is 0 Å². The summed E-state index contributed by atoms with van der Waals surface area (Å²) in [6, 6.07) is 3.25. The molecule has 1 heterocycles. The van der Waals surface area contributed by atoms with E-state index in [1.165, 1.54) is 6.20 Å². The number of halogens is 1. The summed E-state index contributed by atoms with van der Waals surface area (Å²) < 4.78 is 16.1. The molecule has 1 aliphatic rings. The van der Waals surface area contributed by atoms with E-state index in [1.54, 1.807) is 32.2 Å². The molecule has 138 valence electrons. The van der Waals surface area contributed by atoms with Crippen LogP contribution in [0.15, 0.2) is 24.5 Å². The molecule has 0 amide bonds. The fourth-order valence-electron chi connectivity index (χ4n) is 2.61. The minimum atomic E-state index is -1.04. The zero-order valence-corrected chi connectivity index (χ0v) is 15.3. The minimum Gasteiger partial charge on any atom is -0.460 e. The zero-order chi connectivity index (χ0) is 18.3. The molecule has 1 aliphatic carbocycles. The summed E-state index contributed by atoms with van der Waals surface area (Å²) in [6.45, 7) is 3.33. The lowest BCUT2D eigenvalue weighted by molar-refractivity contribution is -0.177. The molecule has 0 radical (unpaired) electrons. The second-order valence-corrected chi connectivity index (χ2v) is 7.13. The SMILES string of the molecule is CC(C)(OC1CCC(Cl)CC1)C(=O)OCCOC(=O)c1cccnc1. The third-order valence-corrected chi connectivity index (χ3v) is 4.44. The van der Waals surface area contributed by atoms with Crippen molar-refractivity contribution >= 4 is 23.5 Å². The van der Waals surface area contributed by atoms with E-state index in [4.69, 9.17) is 25.8 Å². The van der Waals surface area contributed by atoms with E-state index in [0.29, 0.717) is 5.56 Å². The van der Waals surface area contributed by atoms with E-state index in [2.05, 4.69) is 4.98 Å². The van der Waals surface area contributed by atoms with E-state index >= 15 is 0 Å². The number of rotatable bonds is 7. The highest BCUT2D eigenvalue weighted by Gasteiger charge is 2.34. The summed E-state index contributed by atoms with van der Waals surface area (Å²) in [7, 11) is 0. The molecule has 0 spiro atoms. The lowest BCUT2D eigenvalue weighted by atomic mass is 9.96. The number of carbonyl (C=O) groups excluding carboxylic acids is 2. The standard InChI is InChI=1S/C18H24ClNO5/c1-18(2,25-15-7-5-14(19)6-8-15)17(22)24-11-10-23-16(21)13-4-3-9-20-12-13/h3-4,9,12,14-15H,5-8,10-11H2,1-2H3. The number of esters is 2. The van der Waals surface area contributed by atoms with Gasteiger partial charge in [0.25, 0.3) is 0 Å². The molecular weight excluding hydrogens is 346 g/mol. The smallest absolute Gasteiger partial charge is 0.339 e. The fourth-order valence-corrected chi connectivity index (χ4v) is 2.87. The topological polar surface area (TPSA) is 74.7 Å². The van der Waals surface area contributed by atoms with E-state index in [-0.39, 0.29) is 24.7 Å². The number of aromatic nitrogens is 1. The molecule has 0 aliphatic heterocycles. The average molecular weight is 370 g/mol. The van der Waals surface area contributed by atoms with Crippen molar-refractivity contribution in [1.29, 1.82) is 0 Å². The summed E-state index contributed by atoms with van der Waals surface area (Å²) in [5, 5.41) is 0.199. The van der Waals surface area contributed by atoms with Crippen molar-refractivity contribution in [3.8, 4) is 0 Å². The number of ether oxygens (including phenoxy) is 3. The van der Waals surface area contributed by atoms with E-state index in [9.17, 15) is 9.59 Å². The van der Waals surface area contributed by atoms with Crippen LogP contribution in [0.1, 0.15) is 49.9 Å². The van der Waals surface area contributed by atoms with Crippen molar-refractivity contribution in [2.45, 2.75) is 56.6 Å². The molecular formula is C18H24ClNO5. The predicted molar refractivity (Wildman–Crippen MR) is 92.5 cm³/mol. The third-order valence-electron chi connectivity index (χ3n) is 4.00. The highest BCUT2D eigenvalue weighted by Crippen LogP contribution is 2.28. The van der Waals surface area contributed by atoms with Crippen LogP contribution >= 0.6 is 11.6 Å². The van der Waals surface area contributed by atoms with Crippen LogP contribution in [0.5, 0.6) is 0 Å². The van der Waals surface area contributed by atoms with Gasteiger partial charge in [-0.15, -0.1) is 11.6 Å². The largest absolute Gasteiger partial charge is 0.460 e. The summed E-state index contributed by atoms with van der Waals surface area (Å²) in [5.41, 5.74) is -0.690. The lowest BCUT2D eigenvalue weighted by Gasteiger charge is -2.32. The first-order valence-corrected chi connectivity index (χ1v) is 8.88. The van der Waals surface area contributed by atoms with Gasteiger partial charge in [-0.3, -0.25) is 4.98 Å². The molecule has 0 bridgehead atoms. The Kier molecular flexibility index (Phi) is 7.20. The van der Waals surface area contributed by atoms with Gasteiger partial charge >= 0.3 is 11.9 Å². The number of nitrogens with zero attached hydrogens (tertiary/aromatic N) is 1. The van der Waals surface area contributed by atoms with Gasteiger partial charge in [0.2, 0.25) is 0 Å². The van der Waals surface area contributed by atoms with Gasteiger partial charge in [0.15, 0.2) is 5.60 Å². The van der Waals surface area contributed by atoms with Crippen molar-refractivity contribution in [3.05, 3.63) is 30.1 Å². The maximum Gasteiger partial charge on any atom is 0.339 e. The van der Waals surface area contributed by atoms with Crippen molar-refractivity contribution < 1.29 is 23.8 Å². The third kappa shape index (κ3) is 6.29. The van der Waals surface area contributed by atoms with Gasteiger partial charge < -0.3 is 14.2 Å². The van der Waals surface area contributed by atoms with Crippen molar-refractivity contribution in [3.63, 3.8) is 0 Å². The number of pyridine rings is 1. The number of carbonyl (C=O) groups is 2. The van der Waals surface area contributed by atoms with Crippen LogP contribution in [0.2, 0.25) is 0 Å². The molecule has 1 saturated carbocycles. The monoisotopic (exact) mass is 369 g/mol. The molecule has 1 aromatic heterocycles.